The standard InChI is InChI=1S/C14H21NO2/c1-3-6-11-13(15)10-7-5-8-12(14(10)17-11)16-9-4-2/h5,7-8,11,13H,3-4,6,9,15H2,1-2H3. The maximum Gasteiger partial charge on any atom is 0.166 e. The van der Waals surface area contributed by atoms with Crippen molar-refractivity contribution in [1.82, 2.24) is 0 Å². The van der Waals surface area contributed by atoms with Crippen molar-refractivity contribution in [2.45, 2.75) is 45.3 Å². The molecule has 0 radical (unpaired) electrons. The minimum Gasteiger partial charge on any atom is -0.490 e. The topological polar surface area (TPSA) is 44.5 Å². The lowest BCUT2D eigenvalue weighted by atomic mass is 10.0. The molecule has 3 heteroatoms. The third kappa shape index (κ3) is 2.39. The van der Waals surface area contributed by atoms with E-state index in [0.29, 0.717) is 6.61 Å². The summed E-state index contributed by atoms with van der Waals surface area (Å²) in [7, 11) is 0. The molecule has 2 atom stereocenters. The predicted octanol–water partition coefficient (Wildman–Crippen LogP) is 3.04. The van der Waals surface area contributed by atoms with Crippen molar-refractivity contribution >= 4 is 0 Å². The largest absolute Gasteiger partial charge is 0.490 e. The lowest BCUT2D eigenvalue weighted by Crippen LogP contribution is -2.24. The van der Waals surface area contributed by atoms with Gasteiger partial charge in [0.05, 0.1) is 12.6 Å². The third-order valence-corrected chi connectivity index (χ3v) is 3.07. The second-order valence-electron chi connectivity index (χ2n) is 4.49. The van der Waals surface area contributed by atoms with Gasteiger partial charge in [0.2, 0.25) is 0 Å². The van der Waals surface area contributed by atoms with Crippen LogP contribution in [-0.2, 0) is 0 Å². The summed E-state index contributed by atoms with van der Waals surface area (Å²) in [5.41, 5.74) is 7.27. The molecule has 0 aromatic heterocycles. The van der Waals surface area contributed by atoms with Gasteiger partial charge in [-0.05, 0) is 18.9 Å². The van der Waals surface area contributed by atoms with Crippen molar-refractivity contribution in [3.63, 3.8) is 0 Å². The molecule has 0 fully saturated rings. The zero-order chi connectivity index (χ0) is 12.3. The van der Waals surface area contributed by atoms with E-state index in [1.165, 1.54) is 0 Å². The lowest BCUT2D eigenvalue weighted by molar-refractivity contribution is 0.185. The molecule has 0 aliphatic carbocycles. The summed E-state index contributed by atoms with van der Waals surface area (Å²) in [6, 6.07) is 5.96. The fraction of sp³-hybridized carbons (Fsp3) is 0.571. The zero-order valence-corrected chi connectivity index (χ0v) is 10.6. The molecular weight excluding hydrogens is 214 g/mol. The van der Waals surface area contributed by atoms with Gasteiger partial charge < -0.3 is 15.2 Å². The normalized spacial score (nSPS) is 22.1. The van der Waals surface area contributed by atoms with Crippen LogP contribution >= 0.6 is 0 Å². The highest BCUT2D eigenvalue weighted by Crippen LogP contribution is 2.43. The Labute approximate surface area is 103 Å². The summed E-state index contributed by atoms with van der Waals surface area (Å²) in [6.45, 7) is 4.96. The van der Waals surface area contributed by atoms with Crippen LogP contribution in [0.15, 0.2) is 18.2 Å². The Bertz CT molecular complexity index is 378. The highest BCUT2D eigenvalue weighted by atomic mass is 16.5. The average Bonchev–Trinajstić information content (AvgIpc) is 2.66. The molecule has 2 N–H and O–H groups in total. The summed E-state index contributed by atoms with van der Waals surface area (Å²) < 4.78 is 11.6. The minimum atomic E-state index is -0.0184. The molecule has 1 aliphatic rings. The molecular formula is C14H21NO2. The third-order valence-electron chi connectivity index (χ3n) is 3.07. The van der Waals surface area contributed by atoms with Gasteiger partial charge in [-0.2, -0.15) is 0 Å². The Balaban J connectivity index is 2.20. The summed E-state index contributed by atoms with van der Waals surface area (Å²) in [4.78, 5) is 0. The van der Waals surface area contributed by atoms with Crippen molar-refractivity contribution in [2.75, 3.05) is 6.61 Å². The van der Waals surface area contributed by atoms with E-state index in [1.54, 1.807) is 0 Å². The van der Waals surface area contributed by atoms with Gasteiger partial charge >= 0.3 is 0 Å². The van der Waals surface area contributed by atoms with Crippen LogP contribution in [0.3, 0.4) is 0 Å². The van der Waals surface area contributed by atoms with Gasteiger partial charge in [0.25, 0.3) is 0 Å². The van der Waals surface area contributed by atoms with Crippen LogP contribution in [0.1, 0.15) is 44.7 Å². The number of fused-ring (bicyclic) bond motifs is 1. The smallest absolute Gasteiger partial charge is 0.166 e. The van der Waals surface area contributed by atoms with Gasteiger partial charge in [0.1, 0.15) is 6.10 Å². The Morgan fingerprint density at radius 3 is 2.82 bits per heavy atom. The monoisotopic (exact) mass is 235 g/mol. The number of ether oxygens (including phenoxy) is 2. The van der Waals surface area contributed by atoms with Crippen molar-refractivity contribution in [3.05, 3.63) is 23.8 Å². The molecule has 17 heavy (non-hydrogen) atoms. The molecule has 2 unspecified atom stereocenters. The van der Waals surface area contributed by atoms with Gasteiger partial charge in [0, 0.05) is 5.56 Å². The number of para-hydroxylation sites is 1. The first-order valence-electron chi connectivity index (χ1n) is 6.45. The fourth-order valence-electron chi connectivity index (χ4n) is 2.20. The minimum absolute atomic E-state index is 0.0184. The Hall–Kier alpha value is -1.22. The van der Waals surface area contributed by atoms with E-state index in [9.17, 15) is 0 Å². The van der Waals surface area contributed by atoms with Gasteiger partial charge in [-0.25, -0.2) is 0 Å². The fourth-order valence-corrected chi connectivity index (χ4v) is 2.20. The second-order valence-corrected chi connectivity index (χ2v) is 4.49. The second kappa shape index (κ2) is 5.41. The number of rotatable bonds is 5. The first-order chi connectivity index (χ1) is 8.27. The first kappa shape index (κ1) is 12.2. The average molecular weight is 235 g/mol. The predicted molar refractivity (Wildman–Crippen MR) is 68.5 cm³/mol. The molecule has 0 saturated carbocycles. The molecule has 0 saturated heterocycles. The van der Waals surface area contributed by atoms with Crippen molar-refractivity contribution in [2.24, 2.45) is 5.73 Å². The van der Waals surface area contributed by atoms with Crippen molar-refractivity contribution in [3.8, 4) is 11.5 Å². The number of hydrogen-bond donors (Lipinski definition) is 1. The van der Waals surface area contributed by atoms with Crippen LogP contribution in [0.2, 0.25) is 0 Å². The highest BCUT2D eigenvalue weighted by molar-refractivity contribution is 5.51. The molecule has 3 nitrogen and oxygen atoms in total. The molecule has 1 heterocycles. The van der Waals surface area contributed by atoms with E-state index >= 15 is 0 Å². The quantitative estimate of drug-likeness (QED) is 0.853. The molecule has 1 aliphatic heterocycles. The zero-order valence-electron chi connectivity index (χ0n) is 10.6. The van der Waals surface area contributed by atoms with Crippen LogP contribution in [0.5, 0.6) is 11.5 Å². The number of nitrogens with two attached hydrogens (primary N) is 1. The van der Waals surface area contributed by atoms with Crippen LogP contribution in [0, 0.1) is 0 Å². The lowest BCUT2D eigenvalue weighted by Gasteiger charge is -2.14. The van der Waals surface area contributed by atoms with Crippen LogP contribution < -0.4 is 15.2 Å². The van der Waals surface area contributed by atoms with E-state index < -0.39 is 0 Å². The maximum absolute atomic E-state index is 6.19. The molecule has 1 aromatic carbocycles. The Morgan fingerprint density at radius 1 is 1.29 bits per heavy atom. The molecule has 0 bridgehead atoms. The highest BCUT2D eigenvalue weighted by Gasteiger charge is 2.32. The van der Waals surface area contributed by atoms with Gasteiger partial charge in [-0.15, -0.1) is 0 Å². The number of benzene rings is 1. The number of hydrogen-bond acceptors (Lipinski definition) is 3. The summed E-state index contributed by atoms with van der Waals surface area (Å²) in [6.07, 6.45) is 3.16. The van der Waals surface area contributed by atoms with E-state index in [2.05, 4.69) is 13.8 Å². The van der Waals surface area contributed by atoms with Crippen molar-refractivity contribution in [1.29, 1.82) is 0 Å². The SMILES string of the molecule is CCCOc1cccc2c1OC(CCC)C2N. The summed E-state index contributed by atoms with van der Waals surface area (Å²) in [5.74, 6) is 1.69. The molecule has 0 spiro atoms. The van der Waals surface area contributed by atoms with E-state index in [-0.39, 0.29) is 12.1 Å². The van der Waals surface area contributed by atoms with Gasteiger partial charge in [0.15, 0.2) is 11.5 Å². The molecule has 0 amide bonds. The summed E-state index contributed by atoms with van der Waals surface area (Å²) in [5, 5.41) is 0. The van der Waals surface area contributed by atoms with Crippen LogP contribution in [-0.4, -0.2) is 12.7 Å². The molecule has 1 aromatic rings. The molecule has 2 rings (SSSR count). The maximum atomic E-state index is 6.19. The van der Waals surface area contributed by atoms with E-state index in [4.69, 9.17) is 15.2 Å². The van der Waals surface area contributed by atoms with Gasteiger partial charge in [-0.1, -0.05) is 32.4 Å². The van der Waals surface area contributed by atoms with E-state index in [0.717, 1.165) is 36.3 Å². The Kier molecular flexibility index (Phi) is 3.89. The van der Waals surface area contributed by atoms with E-state index in [1.807, 2.05) is 18.2 Å². The summed E-state index contributed by atoms with van der Waals surface area (Å²) >= 11 is 0. The van der Waals surface area contributed by atoms with Crippen LogP contribution in [0.25, 0.3) is 0 Å². The van der Waals surface area contributed by atoms with Crippen molar-refractivity contribution < 1.29 is 9.47 Å². The Morgan fingerprint density at radius 2 is 2.12 bits per heavy atom. The molecule has 94 valence electrons. The van der Waals surface area contributed by atoms with Gasteiger partial charge in [-0.3, -0.25) is 0 Å². The first-order valence-corrected chi connectivity index (χ1v) is 6.45. The van der Waals surface area contributed by atoms with Crippen LogP contribution in [0.4, 0.5) is 0 Å².